The van der Waals surface area contributed by atoms with Gasteiger partial charge in [-0.15, -0.1) is 11.6 Å². The maximum atomic E-state index is 10.8. The van der Waals surface area contributed by atoms with Gasteiger partial charge < -0.3 is 9.53 Å². The first-order valence-corrected chi connectivity index (χ1v) is 3.72. The van der Waals surface area contributed by atoms with E-state index in [1.54, 1.807) is 6.92 Å². The van der Waals surface area contributed by atoms with Gasteiger partial charge >= 0.3 is 5.97 Å². The zero-order valence-corrected chi connectivity index (χ0v) is 7.30. The van der Waals surface area contributed by atoms with Crippen molar-refractivity contribution in [3.63, 3.8) is 0 Å². The molecule has 4 heteroatoms. The Morgan fingerprint density at radius 3 is 2.64 bits per heavy atom. The second-order valence-corrected chi connectivity index (χ2v) is 2.77. The lowest BCUT2D eigenvalue weighted by Gasteiger charge is -2.11. The fourth-order valence-corrected chi connectivity index (χ4v) is 0.808. The molecule has 0 aromatic heterocycles. The number of carbonyl (C=O) groups is 2. The van der Waals surface area contributed by atoms with Crippen molar-refractivity contribution in [2.75, 3.05) is 7.11 Å². The minimum Gasteiger partial charge on any atom is -0.468 e. The molecule has 0 amide bonds. The normalized spacial score (nSPS) is 15.2. The van der Waals surface area contributed by atoms with Crippen molar-refractivity contribution in [3.8, 4) is 0 Å². The minimum atomic E-state index is -0.717. The van der Waals surface area contributed by atoms with Crippen LogP contribution in [0.5, 0.6) is 0 Å². The molecule has 0 saturated heterocycles. The number of esters is 1. The number of halogens is 1. The summed E-state index contributed by atoms with van der Waals surface area (Å²) in [5, 5.41) is -0.717. The Morgan fingerprint density at radius 1 is 1.73 bits per heavy atom. The number of aldehydes is 1. The minimum absolute atomic E-state index is 0.165. The molecule has 0 bridgehead atoms. The second-order valence-electron chi connectivity index (χ2n) is 2.30. The highest BCUT2D eigenvalue weighted by molar-refractivity contribution is 6.30. The van der Waals surface area contributed by atoms with Crippen molar-refractivity contribution >= 4 is 23.9 Å². The van der Waals surface area contributed by atoms with Crippen molar-refractivity contribution in [1.82, 2.24) is 0 Å². The summed E-state index contributed by atoms with van der Waals surface area (Å²) in [6.07, 6.45) is 1.02. The maximum Gasteiger partial charge on any atom is 0.324 e. The van der Waals surface area contributed by atoms with Gasteiger partial charge in [0.05, 0.1) is 7.11 Å². The first-order chi connectivity index (χ1) is 5.13. The molecule has 0 aliphatic carbocycles. The molecule has 0 N–H and O–H groups in total. The third-order valence-corrected chi connectivity index (χ3v) is 2.00. The number of ether oxygens (including phenoxy) is 1. The fourth-order valence-electron chi connectivity index (χ4n) is 0.616. The molecule has 0 rings (SSSR count). The van der Waals surface area contributed by atoms with Crippen LogP contribution in [0.3, 0.4) is 0 Å². The Bertz CT molecular complexity index is 147. The smallest absolute Gasteiger partial charge is 0.324 e. The van der Waals surface area contributed by atoms with Crippen LogP contribution in [0.25, 0.3) is 0 Å². The molecule has 3 nitrogen and oxygen atoms in total. The summed E-state index contributed by atoms with van der Waals surface area (Å²) in [7, 11) is 1.27. The van der Waals surface area contributed by atoms with E-state index >= 15 is 0 Å². The summed E-state index contributed by atoms with van der Waals surface area (Å²) < 4.78 is 4.39. The number of alkyl halides is 1. The van der Waals surface area contributed by atoms with Crippen molar-refractivity contribution in [1.29, 1.82) is 0 Å². The molecule has 0 aliphatic heterocycles. The molecule has 11 heavy (non-hydrogen) atoms. The molecule has 2 unspecified atom stereocenters. The third-order valence-electron chi connectivity index (χ3n) is 1.39. The Balaban J connectivity index is 3.89. The number of methoxy groups -OCH3 is 1. The molecular formula is C7H11ClO3. The number of hydrogen-bond acceptors (Lipinski definition) is 3. The molecular weight excluding hydrogens is 168 g/mol. The lowest BCUT2D eigenvalue weighted by Crippen LogP contribution is -2.23. The summed E-state index contributed by atoms with van der Waals surface area (Å²) in [6, 6.07) is 0. The molecule has 0 heterocycles. The molecule has 0 saturated carbocycles. The molecule has 0 aromatic rings. The zero-order chi connectivity index (χ0) is 8.85. The Labute approximate surface area is 70.7 Å². The molecule has 0 spiro atoms. The summed E-state index contributed by atoms with van der Waals surface area (Å²) in [6.45, 7) is 1.73. The average molecular weight is 179 g/mol. The Hall–Kier alpha value is -0.570. The van der Waals surface area contributed by atoms with E-state index < -0.39 is 11.3 Å². The van der Waals surface area contributed by atoms with E-state index in [-0.39, 0.29) is 12.3 Å². The Morgan fingerprint density at radius 2 is 2.27 bits per heavy atom. The van der Waals surface area contributed by atoms with Crippen LogP contribution in [0.1, 0.15) is 13.3 Å². The number of rotatable bonds is 4. The van der Waals surface area contributed by atoms with Crippen molar-refractivity contribution in [2.45, 2.75) is 18.7 Å². The van der Waals surface area contributed by atoms with Crippen LogP contribution < -0.4 is 0 Å². The topological polar surface area (TPSA) is 43.4 Å². The summed E-state index contributed by atoms with van der Waals surface area (Å²) in [5.41, 5.74) is 0. The monoisotopic (exact) mass is 178 g/mol. The average Bonchev–Trinajstić information content (AvgIpc) is 2.02. The number of carbonyl (C=O) groups excluding carboxylic acids is 2. The first-order valence-electron chi connectivity index (χ1n) is 3.29. The van der Waals surface area contributed by atoms with E-state index in [1.165, 1.54) is 7.11 Å². The van der Waals surface area contributed by atoms with Crippen LogP contribution in [0.4, 0.5) is 0 Å². The van der Waals surface area contributed by atoms with E-state index in [9.17, 15) is 9.59 Å². The van der Waals surface area contributed by atoms with Gasteiger partial charge in [0.25, 0.3) is 0 Å². The molecule has 64 valence electrons. The quantitative estimate of drug-likeness (QED) is 0.366. The van der Waals surface area contributed by atoms with Crippen LogP contribution in [0.15, 0.2) is 0 Å². The Kier molecular flexibility index (Phi) is 4.86. The maximum absolute atomic E-state index is 10.8. The van der Waals surface area contributed by atoms with Gasteiger partial charge in [0.2, 0.25) is 0 Å². The van der Waals surface area contributed by atoms with Gasteiger partial charge in [0, 0.05) is 6.42 Å². The first kappa shape index (κ1) is 10.4. The highest BCUT2D eigenvalue weighted by atomic mass is 35.5. The van der Waals surface area contributed by atoms with Gasteiger partial charge in [0.1, 0.15) is 11.7 Å². The molecule has 0 fully saturated rings. The third kappa shape index (κ3) is 3.37. The highest BCUT2D eigenvalue weighted by Crippen LogP contribution is 2.14. The predicted octanol–water partition coefficient (Wildman–Crippen LogP) is 0.992. The van der Waals surface area contributed by atoms with Crippen LogP contribution in [0, 0.1) is 5.92 Å². The second kappa shape index (κ2) is 5.13. The SMILES string of the molecule is COC(=O)C(Cl)C(C)CC=O. The predicted molar refractivity (Wildman–Crippen MR) is 41.5 cm³/mol. The van der Waals surface area contributed by atoms with Crippen molar-refractivity contribution in [2.24, 2.45) is 5.92 Å². The van der Waals surface area contributed by atoms with E-state index in [4.69, 9.17) is 11.6 Å². The van der Waals surface area contributed by atoms with Gasteiger partial charge in [-0.05, 0) is 5.92 Å². The van der Waals surface area contributed by atoms with E-state index in [0.717, 1.165) is 6.29 Å². The van der Waals surface area contributed by atoms with Crippen LogP contribution in [-0.4, -0.2) is 24.7 Å². The highest BCUT2D eigenvalue weighted by Gasteiger charge is 2.22. The lowest BCUT2D eigenvalue weighted by molar-refractivity contribution is -0.141. The van der Waals surface area contributed by atoms with Crippen molar-refractivity contribution < 1.29 is 14.3 Å². The molecule has 2 atom stereocenters. The van der Waals surface area contributed by atoms with Gasteiger partial charge in [-0.2, -0.15) is 0 Å². The van der Waals surface area contributed by atoms with Gasteiger partial charge in [-0.3, -0.25) is 4.79 Å². The van der Waals surface area contributed by atoms with E-state index in [1.807, 2.05) is 0 Å². The summed E-state index contributed by atoms with van der Waals surface area (Å²) in [4.78, 5) is 20.8. The van der Waals surface area contributed by atoms with Crippen molar-refractivity contribution in [3.05, 3.63) is 0 Å². The van der Waals surface area contributed by atoms with Crippen LogP contribution >= 0.6 is 11.6 Å². The van der Waals surface area contributed by atoms with E-state index in [2.05, 4.69) is 4.74 Å². The van der Waals surface area contributed by atoms with Gasteiger partial charge in [-0.25, -0.2) is 0 Å². The summed E-state index contributed by atoms with van der Waals surface area (Å²) >= 11 is 5.63. The van der Waals surface area contributed by atoms with Crippen LogP contribution in [0.2, 0.25) is 0 Å². The van der Waals surface area contributed by atoms with Gasteiger partial charge in [0.15, 0.2) is 0 Å². The van der Waals surface area contributed by atoms with E-state index in [0.29, 0.717) is 0 Å². The largest absolute Gasteiger partial charge is 0.468 e. The zero-order valence-electron chi connectivity index (χ0n) is 6.54. The molecule has 0 radical (unpaired) electrons. The fraction of sp³-hybridized carbons (Fsp3) is 0.714. The molecule has 0 aliphatic rings. The lowest BCUT2D eigenvalue weighted by atomic mass is 10.1. The summed E-state index contributed by atoms with van der Waals surface area (Å²) in [5.74, 6) is -0.650. The van der Waals surface area contributed by atoms with Gasteiger partial charge in [-0.1, -0.05) is 6.92 Å². The number of hydrogen-bond donors (Lipinski definition) is 0. The standard InChI is InChI=1S/C7H11ClO3/c1-5(3-4-9)6(8)7(10)11-2/h4-6H,3H2,1-2H3. The molecule has 0 aromatic carbocycles. The van der Waals surface area contributed by atoms with Crippen LogP contribution in [-0.2, 0) is 14.3 Å².